The van der Waals surface area contributed by atoms with Gasteiger partial charge in [-0.25, -0.2) is 0 Å². The number of piperidine rings is 1. The van der Waals surface area contributed by atoms with Gasteiger partial charge in [0.05, 0.1) is 17.2 Å². The van der Waals surface area contributed by atoms with Crippen molar-refractivity contribution in [3.8, 4) is 0 Å². The van der Waals surface area contributed by atoms with Crippen LogP contribution in [0.25, 0.3) is 0 Å². The van der Waals surface area contributed by atoms with Crippen molar-refractivity contribution < 1.29 is 23.1 Å². The lowest BCUT2D eigenvalue weighted by atomic mass is 9.83. The van der Waals surface area contributed by atoms with E-state index in [4.69, 9.17) is 5.73 Å². The predicted molar refractivity (Wildman–Crippen MR) is 99.4 cm³/mol. The normalized spacial score (nSPS) is 18.2. The van der Waals surface area contributed by atoms with Gasteiger partial charge >= 0.3 is 6.18 Å². The van der Waals surface area contributed by atoms with Gasteiger partial charge in [-0.1, -0.05) is 19.1 Å². The second kappa shape index (κ2) is 9.30. The van der Waals surface area contributed by atoms with Crippen LogP contribution >= 0.6 is 24.2 Å². The van der Waals surface area contributed by atoms with E-state index in [1.54, 1.807) is 16.7 Å². The second-order valence-electron chi connectivity index (χ2n) is 6.20. The van der Waals surface area contributed by atoms with Crippen LogP contribution in [0.2, 0.25) is 0 Å². The number of likely N-dealkylation sites (tertiary alicyclic amines) is 1. The van der Waals surface area contributed by atoms with Crippen molar-refractivity contribution >= 4 is 30.1 Å². The first-order valence-electron chi connectivity index (χ1n) is 8.19. The van der Waals surface area contributed by atoms with E-state index in [1.807, 2.05) is 6.92 Å². The van der Waals surface area contributed by atoms with Crippen LogP contribution in [0.5, 0.6) is 0 Å². The van der Waals surface area contributed by atoms with Crippen LogP contribution in [0.3, 0.4) is 0 Å². The highest BCUT2D eigenvalue weighted by atomic mass is 35.5. The molecule has 1 amide bonds. The maximum atomic E-state index is 12.9. The van der Waals surface area contributed by atoms with Crippen molar-refractivity contribution in [2.75, 3.05) is 24.6 Å². The van der Waals surface area contributed by atoms with E-state index in [1.165, 1.54) is 12.1 Å². The van der Waals surface area contributed by atoms with E-state index in [0.29, 0.717) is 5.75 Å². The van der Waals surface area contributed by atoms with Gasteiger partial charge in [-0.15, -0.1) is 12.4 Å². The lowest BCUT2D eigenvalue weighted by Crippen LogP contribution is -2.51. The Balaban J connectivity index is 0.00000338. The lowest BCUT2D eigenvalue weighted by Gasteiger charge is -2.39. The summed E-state index contributed by atoms with van der Waals surface area (Å²) in [5.74, 6) is 1.23. The van der Waals surface area contributed by atoms with E-state index >= 15 is 0 Å². The van der Waals surface area contributed by atoms with Crippen molar-refractivity contribution in [3.63, 3.8) is 0 Å². The molecule has 1 atom stereocenters. The average molecular weight is 413 g/mol. The maximum absolute atomic E-state index is 12.9. The highest BCUT2D eigenvalue weighted by Crippen LogP contribution is 2.36. The molecule has 2 rings (SSSR count). The number of carbonyl (C=O) groups excluding carboxylic acids is 1. The Morgan fingerprint density at radius 3 is 2.54 bits per heavy atom. The molecule has 0 bridgehead atoms. The number of benzene rings is 1. The van der Waals surface area contributed by atoms with Gasteiger partial charge in [0.25, 0.3) is 0 Å². The molecule has 1 aliphatic rings. The van der Waals surface area contributed by atoms with Gasteiger partial charge in [0.1, 0.15) is 0 Å². The first kappa shape index (κ1) is 23.1. The van der Waals surface area contributed by atoms with Gasteiger partial charge in [0.15, 0.2) is 0 Å². The highest BCUT2D eigenvalue weighted by Gasteiger charge is 2.38. The number of hydrogen-bond acceptors (Lipinski definition) is 4. The molecule has 0 saturated carbocycles. The summed E-state index contributed by atoms with van der Waals surface area (Å²) in [6.45, 7) is 2.53. The van der Waals surface area contributed by atoms with E-state index in [2.05, 4.69) is 0 Å². The molecule has 0 radical (unpaired) electrons. The van der Waals surface area contributed by atoms with Gasteiger partial charge in [-0.3, -0.25) is 4.79 Å². The van der Waals surface area contributed by atoms with Gasteiger partial charge in [0, 0.05) is 18.8 Å². The number of halogens is 4. The minimum absolute atomic E-state index is 0. The molecule has 148 valence electrons. The Labute approximate surface area is 161 Å². The number of rotatable bonds is 5. The topological polar surface area (TPSA) is 66.6 Å². The van der Waals surface area contributed by atoms with Crippen LogP contribution in [0, 0.1) is 0 Å². The molecule has 0 aliphatic carbocycles. The Morgan fingerprint density at radius 1 is 1.38 bits per heavy atom. The summed E-state index contributed by atoms with van der Waals surface area (Å²) in [7, 11) is 0. The fourth-order valence-corrected chi connectivity index (χ4v) is 3.55. The first-order chi connectivity index (χ1) is 11.7. The van der Waals surface area contributed by atoms with Crippen molar-refractivity contribution in [1.29, 1.82) is 0 Å². The van der Waals surface area contributed by atoms with Crippen LogP contribution in [-0.4, -0.2) is 46.6 Å². The Hall–Kier alpha value is -0.960. The largest absolute Gasteiger partial charge is 0.416 e. The highest BCUT2D eigenvalue weighted by molar-refractivity contribution is 7.99. The first-order valence-corrected chi connectivity index (χ1v) is 9.35. The molecule has 0 spiro atoms. The zero-order valence-electron chi connectivity index (χ0n) is 14.5. The molecule has 1 saturated heterocycles. The van der Waals surface area contributed by atoms with Gasteiger partial charge < -0.3 is 15.7 Å². The summed E-state index contributed by atoms with van der Waals surface area (Å²) in [6.07, 6.45) is -4.08. The van der Waals surface area contributed by atoms with Gasteiger partial charge in [-0.05, 0) is 36.3 Å². The molecule has 4 nitrogen and oxygen atoms in total. The second-order valence-corrected chi connectivity index (χ2v) is 7.52. The van der Waals surface area contributed by atoms with Crippen molar-refractivity contribution in [3.05, 3.63) is 35.4 Å². The summed E-state index contributed by atoms with van der Waals surface area (Å²) in [6, 6.07) is 4.17. The molecule has 26 heavy (non-hydrogen) atoms. The molecule has 3 N–H and O–H groups in total. The number of hydrogen-bond donors (Lipinski definition) is 2. The lowest BCUT2D eigenvalue weighted by molar-refractivity contribution is -0.137. The zero-order chi connectivity index (χ0) is 18.7. The Morgan fingerprint density at radius 2 is 2.00 bits per heavy atom. The summed E-state index contributed by atoms with van der Waals surface area (Å²) in [4.78, 5) is 13.9. The third kappa shape index (κ3) is 5.52. The third-order valence-corrected chi connectivity index (χ3v) is 5.45. The number of carbonyl (C=O) groups is 1. The zero-order valence-corrected chi connectivity index (χ0v) is 16.1. The number of amides is 1. The molecule has 1 aromatic carbocycles. The van der Waals surface area contributed by atoms with Crippen molar-refractivity contribution in [2.24, 2.45) is 5.73 Å². The average Bonchev–Trinajstić information content (AvgIpc) is 2.59. The molecule has 1 heterocycles. The molecular formula is C17H24ClF3N2O2S. The van der Waals surface area contributed by atoms with E-state index in [9.17, 15) is 23.1 Å². The summed E-state index contributed by atoms with van der Waals surface area (Å²) in [5, 5.41) is 10.8. The SMILES string of the molecule is CCSC[C@H](N)C(=O)N1CCC(O)(c2cccc(C(F)(F)F)c2)CC1.Cl. The molecular weight excluding hydrogens is 389 g/mol. The standard InChI is InChI=1S/C17H23F3N2O2S.ClH/c1-2-25-11-14(21)15(23)22-8-6-16(24,7-9-22)12-4-3-5-13(10-12)17(18,19)20;/h3-5,10,14,24H,2,6-9,11,21H2,1H3;1H/t14-;/m0./s1. The summed E-state index contributed by atoms with van der Waals surface area (Å²) < 4.78 is 38.6. The van der Waals surface area contributed by atoms with E-state index in [-0.39, 0.29) is 49.8 Å². The molecule has 0 aromatic heterocycles. The fraction of sp³-hybridized carbons (Fsp3) is 0.588. The molecule has 0 unspecified atom stereocenters. The van der Waals surface area contributed by atoms with Gasteiger partial charge in [-0.2, -0.15) is 24.9 Å². The van der Waals surface area contributed by atoms with Gasteiger partial charge in [0.2, 0.25) is 5.91 Å². The van der Waals surface area contributed by atoms with E-state index in [0.717, 1.165) is 17.9 Å². The number of aliphatic hydroxyl groups is 1. The third-order valence-electron chi connectivity index (χ3n) is 4.45. The number of alkyl halides is 3. The van der Waals surface area contributed by atoms with Crippen LogP contribution in [0.4, 0.5) is 13.2 Å². The van der Waals surface area contributed by atoms with Crippen LogP contribution in [0.1, 0.15) is 30.9 Å². The summed E-state index contributed by atoms with van der Waals surface area (Å²) in [5.41, 5.74) is 3.97. The maximum Gasteiger partial charge on any atom is 0.416 e. The molecule has 1 aliphatic heterocycles. The van der Waals surface area contributed by atoms with E-state index < -0.39 is 23.4 Å². The van der Waals surface area contributed by atoms with Crippen molar-refractivity contribution in [1.82, 2.24) is 4.90 Å². The Kier molecular flexibility index (Phi) is 8.26. The molecule has 1 fully saturated rings. The number of nitrogens with zero attached hydrogens (tertiary/aromatic N) is 1. The smallest absolute Gasteiger partial charge is 0.385 e. The minimum Gasteiger partial charge on any atom is -0.385 e. The number of nitrogens with two attached hydrogens (primary N) is 1. The quantitative estimate of drug-likeness (QED) is 0.780. The fourth-order valence-electron chi connectivity index (χ4n) is 2.92. The summed E-state index contributed by atoms with van der Waals surface area (Å²) >= 11 is 1.58. The van der Waals surface area contributed by atoms with Crippen LogP contribution in [0.15, 0.2) is 24.3 Å². The van der Waals surface area contributed by atoms with Crippen LogP contribution in [-0.2, 0) is 16.6 Å². The minimum atomic E-state index is -4.45. The van der Waals surface area contributed by atoms with Crippen molar-refractivity contribution in [2.45, 2.75) is 37.6 Å². The molecule has 9 heteroatoms. The number of thioether (sulfide) groups is 1. The Bertz CT molecular complexity index is 608. The monoisotopic (exact) mass is 412 g/mol. The molecule has 1 aromatic rings. The van der Waals surface area contributed by atoms with Crippen LogP contribution < -0.4 is 5.73 Å². The predicted octanol–water partition coefficient (Wildman–Crippen LogP) is 3.02.